The van der Waals surface area contributed by atoms with E-state index in [-0.39, 0.29) is 6.04 Å². The van der Waals surface area contributed by atoms with Crippen molar-refractivity contribution in [3.05, 3.63) is 65.7 Å². The maximum atomic E-state index is 13.0. The fourth-order valence-corrected chi connectivity index (χ4v) is 3.06. The number of halogens is 1. The van der Waals surface area contributed by atoms with Gasteiger partial charge in [0.1, 0.15) is 11.5 Å². The molecule has 0 bridgehead atoms. The van der Waals surface area contributed by atoms with E-state index in [0.717, 1.165) is 36.7 Å². The number of allylic oxidation sites excluding steroid dienone is 3. The molecule has 0 saturated heterocycles. The minimum absolute atomic E-state index is 0.301. The first-order chi connectivity index (χ1) is 12.9. The Hall–Kier alpha value is -2.80. The smallest absolute Gasteiger partial charge is 0.228 e. The highest BCUT2D eigenvalue weighted by Gasteiger charge is 2.19. The molecular formula is C20H24FN5O. The first kappa shape index (κ1) is 19.0. The van der Waals surface area contributed by atoms with Gasteiger partial charge in [-0.15, -0.1) is 0 Å². The molecule has 2 aromatic rings. The Morgan fingerprint density at radius 2 is 2.11 bits per heavy atom. The van der Waals surface area contributed by atoms with Crippen LogP contribution in [-0.4, -0.2) is 21.2 Å². The first-order valence-electron chi connectivity index (χ1n) is 8.98. The Morgan fingerprint density at radius 3 is 2.81 bits per heavy atom. The summed E-state index contributed by atoms with van der Waals surface area (Å²) in [5, 5.41) is 7.25. The van der Waals surface area contributed by atoms with Crippen LogP contribution in [0.1, 0.15) is 38.5 Å². The zero-order valence-electron chi connectivity index (χ0n) is 15.5. The SMILES string of the molecule is C=C(C)C1=C(NC(=C)C(N)Cc2nc(-c3ccc(F)cn3)no2)CCCC1. The second-order valence-electron chi connectivity index (χ2n) is 6.78. The molecule has 0 spiro atoms. The van der Waals surface area contributed by atoms with Gasteiger partial charge in [-0.1, -0.05) is 23.9 Å². The van der Waals surface area contributed by atoms with Crippen LogP contribution in [0.25, 0.3) is 11.5 Å². The van der Waals surface area contributed by atoms with Crippen LogP contribution in [0.3, 0.4) is 0 Å². The highest BCUT2D eigenvalue weighted by atomic mass is 19.1. The van der Waals surface area contributed by atoms with Crippen LogP contribution in [0, 0.1) is 5.82 Å². The molecule has 6 nitrogen and oxygen atoms in total. The summed E-state index contributed by atoms with van der Waals surface area (Å²) in [6.07, 6.45) is 5.76. The molecular weight excluding hydrogens is 345 g/mol. The molecule has 1 aliphatic rings. The third-order valence-corrected chi connectivity index (χ3v) is 4.56. The number of hydrogen-bond donors (Lipinski definition) is 2. The Kier molecular flexibility index (Phi) is 5.81. The molecule has 0 saturated carbocycles. The lowest BCUT2D eigenvalue weighted by Gasteiger charge is -2.24. The quantitative estimate of drug-likeness (QED) is 0.774. The van der Waals surface area contributed by atoms with Gasteiger partial charge in [0.15, 0.2) is 0 Å². The molecule has 1 aliphatic carbocycles. The molecule has 1 unspecified atom stereocenters. The lowest BCUT2D eigenvalue weighted by molar-refractivity contribution is 0.372. The molecule has 2 heterocycles. The van der Waals surface area contributed by atoms with E-state index in [4.69, 9.17) is 10.3 Å². The summed E-state index contributed by atoms with van der Waals surface area (Å²) in [4.78, 5) is 8.23. The Bertz CT molecular complexity index is 869. The van der Waals surface area contributed by atoms with E-state index < -0.39 is 5.82 Å². The summed E-state index contributed by atoms with van der Waals surface area (Å²) in [6.45, 7) is 10.2. The molecule has 2 aromatic heterocycles. The number of rotatable bonds is 7. The van der Waals surface area contributed by atoms with Crippen LogP contribution in [0.4, 0.5) is 4.39 Å². The summed E-state index contributed by atoms with van der Waals surface area (Å²) in [6, 6.07) is 2.41. The highest BCUT2D eigenvalue weighted by Crippen LogP contribution is 2.28. The molecule has 27 heavy (non-hydrogen) atoms. The molecule has 0 amide bonds. The fraction of sp³-hybridized carbons (Fsp3) is 0.350. The van der Waals surface area contributed by atoms with Crippen LogP contribution in [0.2, 0.25) is 0 Å². The van der Waals surface area contributed by atoms with Crippen molar-refractivity contribution in [2.45, 2.75) is 45.1 Å². The average molecular weight is 369 g/mol. The van der Waals surface area contributed by atoms with Crippen molar-refractivity contribution >= 4 is 0 Å². The van der Waals surface area contributed by atoms with Crippen molar-refractivity contribution in [1.82, 2.24) is 20.4 Å². The Labute approximate surface area is 158 Å². The van der Waals surface area contributed by atoms with Gasteiger partial charge in [-0.2, -0.15) is 4.98 Å². The van der Waals surface area contributed by atoms with E-state index >= 15 is 0 Å². The van der Waals surface area contributed by atoms with Crippen molar-refractivity contribution in [2.24, 2.45) is 5.73 Å². The summed E-state index contributed by atoms with van der Waals surface area (Å²) >= 11 is 0. The van der Waals surface area contributed by atoms with E-state index in [1.54, 1.807) is 0 Å². The minimum Gasteiger partial charge on any atom is -0.361 e. The van der Waals surface area contributed by atoms with Crippen molar-refractivity contribution in [3.8, 4) is 11.5 Å². The number of hydrogen-bond acceptors (Lipinski definition) is 6. The molecule has 1 atom stereocenters. The molecule has 0 aliphatic heterocycles. The van der Waals surface area contributed by atoms with Crippen molar-refractivity contribution in [1.29, 1.82) is 0 Å². The van der Waals surface area contributed by atoms with Gasteiger partial charge in [0, 0.05) is 17.8 Å². The lowest BCUT2D eigenvalue weighted by atomic mass is 9.92. The molecule has 142 valence electrons. The highest BCUT2D eigenvalue weighted by molar-refractivity contribution is 5.47. The molecule has 7 heteroatoms. The fourth-order valence-electron chi connectivity index (χ4n) is 3.06. The monoisotopic (exact) mass is 369 g/mol. The largest absolute Gasteiger partial charge is 0.361 e. The molecule has 0 aromatic carbocycles. The van der Waals surface area contributed by atoms with Crippen LogP contribution >= 0.6 is 0 Å². The number of nitrogens with one attached hydrogen (secondary N) is 1. The molecule has 0 radical (unpaired) electrons. The van der Waals surface area contributed by atoms with Gasteiger partial charge < -0.3 is 15.6 Å². The zero-order valence-corrected chi connectivity index (χ0v) is 15.5. The number of pyridine rings is 1. The third kappa shape index (κ3) is 4.68. The first-order valence-corrected chi connectivity index (χ1v) is 8.98. The predicted molar refractivity (Wildman–Crippen MR) is 102 cm³/mol. The standard InChI is InChI=1S/C20H24FN5O/c1-12(2)15-6-4-5-7-17(15)24-13(3)16(22)10-19-25-20(26-27-19)18-9-8-14(21)11-23-18/h8-9,11,16,24H,1,3-7,10,22H2,2H3. The van der Waals surface area contributed by atoms with Crippen LogP contribution in [0.5, 0.6) is 0 Å². The molecule has 3 N–H and O–H groups in total. The van der Waals surface area contributed by atoms with Gasteiger partial charge in [-0.25, -0.2) is 9.37 Å². The molecule has 0 fully saturated rings. The third-order valence-electron chi connectivity index (χ3n) is 4.56. The minimum atomic E-state index is -0.419. The van der Waals surface area contributed by atoms with Gasteiger partial charge in [0.05, 0.1) is 12.2 Å². The van der Waals surface area contributed by atoms with E-state index in [0.29, 0.717) is 29.5 Å². The van der Waals surface area contributed by atoms with Crippen molar-refractivity contribution < 1.29 is 8.91 Å². The van der Waals surface area contributed by atoms with Gasteiger partial charge in [0.25, 0.3) is 0 Å². The number of nitrogens with zero attached hydrogens (tertiary/aromatic N) is 3. The molecule has 3 rings (SSSR count). The van der Waals surface area contributed by atoms with Gasteiger partial charge in [-0.05, 0) is 50.3 Å². The van der Waals surface area contributed by atoms with Crippen LogP contribution in [0.15, 0.2) is 58.6 Å². The predicted octanol–water partition coefficient (Wildman–Crippen LogP) is 3.65. The van der Waals surface area contributed by atoms with E-state index in [1.165, 1.54) is 24.1 Å². The van der Waals surface area contributed by atoms with E-state index in [2.05, 4.69) is 33.6 Å². The van der Waals surface area contributed by atoms with E-state index in [1.807, 2.05) is 6.92 Å². The summed E-state index contributed by atoms with van der Waals surface area (Å²) in [7, 11) is 0. The van der Waals surface area contributed by atoms with Gasteiger partial charge in [-0.3, -0.25) is 0 Å². The summed E-state index contributed by atoms with van der Waals surface area (Å²) in [5.41, 5.74) is 10.9. The second-order valence-corrected chi connectivity index (χ2v) is 6.78. The average Bonchev–Trinajstić information content (AvgIpc) is 3.11. The topological polar surface area (TPSA) is 89.9 Å². The summed E-state index contributed by atoms with van der Waals surface area (Å²) in [5.74, 6) is 0.262. The van der Waals surface area contributed by atoms with Crippen LogP contribution in [-0.2, 0) is 6.42 Å². The Balaban J connectivity index is 1.65. The number of nitrogens with two attached hydrogens (primary N) is 1. The maximum absolute atomic E-state index is 13.0. The maximum Gasteiger partial charge on any atom is 0.228 e. The normalized spacial score (nSPS) is 15.5. The Morgan fingerprint density at radius 1 is 1.33 bits per heavy atom. The van der Waals surface area contributed by atoms with Gasteiger partial charge in [0.2, 0.25) is 11.7 Å². The summed E-state index contributed by atoms with van der Waals surface area (Å²) < 4.78 is 18.2. The van der Waals surface area contributed by atoms with Gasteiger partial charge >= 0.3 is 0 Å². The number of aromatic nitrogens is 3. The second kappa shape index (κ2) is 8.26. The van der Waals surface area contributed by atoms with Crippen molar-refractivity contribution in [3.63, 3.8) is 0 Å². The lowest BCUT2D eigenvalue weighted by Crippen LogP contribution is -2.33. The zero-order chi connectivity index (χ0) is 19.4. The van der Waals surface area contributed by atoms with Crippen molar-refractivity contribution in [2.75, 3.05) is 0 Å². The van der Waals surface area contributed by atoms with E-state index in [9.17, 15) is 4.39 Å². The van der Waals surface area contributed by atoms with Crippen LogP contribution < -0.4 is 11.1 Å².